The Morgan fingerprint density at radius 2 is 1.74 bits per heavy atom. The number of rotatable bonds is 14. The van der Waals surface area contributed by atoms with Gasteiger partial charge in [-0.15, -0.1) is 5.06 Å². The van der Waals surface area contributed by atoms with E-state index in [1.54, 1.807) is 30.6 Å². The molecule has 1 fully saturated rings. The van der Waals surface area contributed by atoms with E-state index in [2.05, 4.69) is 29.0 Å². The summed E-state index contributed by atoms with van der Waals surface area (Å²) in [4.78, 5) is 18.1. The molecule has 0 bridgehead atoms. The van der Waals surface area contributed by atoms with Crippen molar-refractivity contribution in [1.82, 2.24) is 5.06 Å². The first-order chi connectivity index (χ1) is 22.7. The number of hydrogen-bond acceptors (Lipinski definition) is 10. The van der Waals surface area contributed by atoms with Gasteiger partial charge in [-0.1, -0.05) is 36.4 Å². The van der Waals surface area contributed by atoms with Crippen LogP contribution in [0.25, 0.3) is 10.8 Å². The monoisotopic (exact) mass is 663 g/mol. The van der Waals surface area contributed by atoms with Crippen molar-refractivity contribution in [1.29, 1.82) is 0 Å². The van der Waals surface area contributed by atoms with Gasteiger partial charge >= 0.3 is 6.16 Å². The maximum absolute atomic E-state index is 12.5. The first kappa shape index (κ1) is 34.5. The minimum atomic E-state index is -0.728. The number of piperidine rings is 1. The van der Waals surface area contributed by atoms with Gasteiger partial charge in [0.05, 0.1) is 53.3 Å². The summed E-state index contributed by atoms with van der Waals surface area (Å²) >= 11 is 1.68. The molecule has 5 rings (SSSR count). The van der Waals surface area contributed by atoms with E-state index in [9.17, 15) is 4.79 Å². The fourth-order valence-electron chi connectivity index (χ4n) is 5.71. The molecule has 0 aliphatic carbocycles. The molecular formula is C37H45NO8S. The van der Waals surface area contributed by atoms with Crippen molar-refractivity contribution < 1.29 is 38.1 Å². The fraction of sp³-hybridized carbons (Fsp3) is 0.432. The molecule has 2 atom stereocenters. The number of thiophene rings is 1. The molecule has 0 spiro atoms. The first-order valence-corrected chi connectivity index (χ1v) is 16.9. The van der Waals surface area contributed by atoms with Gasteiger partial charge in [-0.3, -0.25) is 0 Å². The van der Waals surface area contributed by atoms with Gasteiger partial charge < -0.3 is 33.3 Å². The standard InChI is InChI=1S/C37H45NO8S/c1-37(2,3)45-36(39)46-38-17-15-30(27-11-13-29(14-12-27)43-19-8-18-42-23-26-16-20-47-25-26)34(22-38)44-24-28-21-33(40-4)31-9-6-7-10-32(31)35(28)41-5/h6-7,9-14,16,20-21,25,30,34H,8,15,17-19,22-24H2,1-5H3. The molecule has 0 saturated carbocycles. The lowest BCUT2D eigenvalue weighted by molar-refractivity contribution is -0.179. The van der Waals surface area contributed by atoms with E-state index in [0.29, 0.717) is 39.3 Å². The van der Waals surface area contributed by atoms with Crippen LogP contribution in [0.2, 0.25) is 0 Å². The minimum absolute atomic E-state index is 0.0568. The number of ether oxygens (including phenoxy) is 6. The number of hydrogen-bond donors (Lipinski definition) is 0. The van der Waals surface area contributed by atoms with Crippen LogP contribution in [-0.4, -0.2) is 63.4 Å². The third-order valence-electron chi connectivity index (χ3n) is 7.88. The molecule has 47 heavy (non-hydrogen) atoms. The summed E-state index contributed by atoms with van der Waals surface area (Å²) in [6, 6.07) is 20.2. The lowest BCUT2D eigenvalue weighted by Gasteiger charge is -2.37. The van der Waals surface area contributed by atoms with E-state index in [0.717, 1.165) is 45.6 Å². The average molecular weight is 664 g/mol. The van der Waals surface area contributed by atoms with Crippen LogP contribution < -0.4 is 14.2 Å². The van der Waals surface area contributed by atoms with Gasteiger partial charge in [0.25, 0.3) is 0 Å². The van der Waals surface area contributed by atoms with E-state index in [1.807, 2.05) is 63.2 Å². The van der Waals surface area contributed by atoms with Crippen molar-refractivity contribution in [3.63, 3.8) is 0 Å². The van der Waals surface area contributed by atoms with Crippen molar-refractivity contribution >= 4 is 28.3 Å². The molecule has 0 radical (unpaired) electrons. The van der Waals surface area contributed by atoms with Crippen LogP contribution in [0.1, 0.15) is 56.2 Å². The van der Waals surface area contributed by atoms with Gasteiger partial charge in [0.1, 0.15) is 22.8 Å². The Labute approximate surface area is 281 Å². The number of carbonyl (C=O) groups excluding carboxylic acids is 1. The van der Waals surface area contributed by atoms with Crippen molar-refractivity contribution in [2.24, 2.45) is 0 Å². The molecular weight excluding hydrogens is 618 g/mol. The van der Waals surface area contributed by atoms with Crippen LogP contribution in [0.4, 0.5) is 4.79 Å². The van der Waals surface area contributed by atoms with Gasteiger partial charge in [0, 0.05) is 35.2 Å². The summed E-state index contributed by atoms with van der Waals surface area (Å²) in [5.41, 5.74) is 2.54. The average Bonchev–Trinajstić information content (AvgIpc) is 3.58. The maximum atomic E-state index is 12.5. The molecule has 2 unspecified atom stereocenters. The Balaban J connectivity index is 1.25. The van der Waals surface area contributed by atoms with Crippen molar-refractivity contribution in [2.75, 3.05) is 40.5 Å². The SMILES string of the molecule is COc1cc(COC2CN(OC(=O)OC(C)(C)C)CCC2c2ccc(OCCCOCc3ccsc3)cc2)c(OC)c2ccccc12. The van der Waals surface area contributed by atoms with Gasteiger partial charge in [0.15, 0.2) is 0 Å². The minimum Gasteiger partial charge on any atom is -0.496 e. The van der Waals surface area contributed by atoms with E-state index in [1.165, 1.54) is 5.56 Å². The van der Waals surface area contributed by atoms with Gasteiger partial charge in [-0.05, 0) is 73.3 Å². The van der Waals surface area contributed by atoms with E-state index >= 15 is 0 Å². The zero-order chi connectivity index (χ0) is 33.2. The summed E-state index contributed by atoms with van der Waals surface area (Å²) in [7, 11) is 3.33. The van der Waals surface area contributed by atoms with Gasteiger partial charge in [0.2, 0.25) is 0 Å². The Morgan fingerprint density at radius 1 is 0.957 bits per heavy atom. The second-order valence-corrected chi connectivity index (χ2v) is 13.2. The second-order valence-electron chi connectivity index (χ2n) is 12.5. The third-order valence-corrected chi connectivity index (χ3v) is 8.62. The zero-order valence-electron chi connectivity index (χ0n) is 27.9. The molecule has 9 nitrogen and oxygen atoms in total. The van der Waals surface area contributed by atoms with Crippen molar-refractivity contribution in [3.8, 4) is 17.2 Å². The van der Waals surface area contributed by atoms with E-state index in [-0.39, 0.29) is 18.6 Å². The summed E-state index contributed by atoms with van der Waals surface area (Å²) < 4.78 is 35.3. The second kappa shape index (κ2) is 16.3. The molecule has 252 valence electrons. The molecule has 10 heteroatoms. The van der Waals surface area contributed by atoms with Crippen LogP contribution in [0, 0.1) is 0 Å². The normalized spacial score (nSPS) is 17.0. The van der Waals surface area contributed by atoms with Crippen LogP contribution in [0.5, 0.6) is 17.2 Å². The Bertz CT molecular complexity index is 1570. The number of benzene rings is 3. The van der Waals surface area contributed by atoms with Crippen LogP contribution >= 0.6 is 11.3 Å². The summed E-state index contributed by atoms with van der Waals surface area (Å²) in [5.74, 6) is 2.36. The Kier molecular flexibility index (Phi) is 12.0. The summed E-state index contributed by atoms with van der Waals surface area (Å²) in [6.45, 7) is 8.48. The quantitative estimate of drug-likeness (QED) is 0.0980. The third kappa shape index (κ3) is 9.60. The molecule has 3 aromatic carbocycles. The highest BCUT2D eigenvalue weighted by Crippen LogP contribution is 2.38. The number of methoxy groups -OCH3 is 2. The lowest BCUT2D eigenvalue weighted by atomic mass is 9.87. The molecule has 1 aliphatic rings. The zero-order valence-corrected chi connectivity index (χ0v) is 28.7. The molecule has 2 heterocycles. The molecule has 0 amide bonds. The summed E-state index contributed by atoms with van der Waals surface area (Å²) in [5, 5.41) is 7.71. The van der Waals surface area contributed by atoms with Crippen LogP contribution in [0.3, 0.4) is 0 Å². The molecule has 1 saturated heterocycles. The largest absolute Gasteiger partial charge is 0.528 e. The predicted molar refractivity (Wildman–Crippen MR) is 182 cm³/mol. The lowest BCUT2D eigenvalue weighted by Crippen LogP contribution is -2.45. The predicted octanol–water partition coefficient (Wildman–Crippen LogP) is 8.15. The highest BCUT2D eigenvalue weighted by molar-refractivity contribution is 7.07. The maximum Gasteiger partial charge on any atom is 0.528 e. The van der Waals surface area contributed by atoms with Crippen molar-refractivity contribution in [2.45, 2.75) is 64.4 Å². The van der Waals surface area contributed by atoms with Gasteiger partial charge in [-0.2, -0.15) is 11.3 Å². The highest BCUT2D eigenvalue weighted by Gasteiger charge is 2.34. The number of carbonyl (C=O) groups is 1. The van der Waals surface area contributed by atoms with Crippen molar-refractivity contribution in [3.05, 3.63) is 88.1 Å². The van der Waals surface area contributed by atoms with Crippen LogP contribution in [0.15, 0.2) is 71.4 Å². The Hall–Kier alpha value is -3.83. The highest BCUT2D eigenvalue weighted by atomic mass is 32.1. The molecule has 1 aliphatic heterocycles. The van der Waals surface area contributed by atoms with Gasteiger partial charge in [-0.25, -0.2) is 4.79 Å². The number of fused-ring (bicyclic) bond motifs is 1. The molecule has 0 N–H and O–H groups in total. The Morgan fingerprint density at radius 3 is 2.45 bits per heavy atom. The smallest absolute Gasteiger partial charge is 0.496 e. The topological polar surface area (TPSA) is 84.9 Å². The molecule has 4 aromatic rings. The van der Waals surface area contributed by atoms with E-state index in [4.69, 9.17) is 33.3 Å². The molecule has 1 aromatic heterocycles. The van der Waals surface area contributed by atoms with Crippen LogP contribution in [-0.2, 0) is 32.3 Å². The summed E-state index contributed by atoms with van der Waals surface area (Å²) in [6.07, 6.45) is 0.503. The number of nitrogens with zero attached hydrogens (tertiary/aromatic N) is 1. The van der Waals surface area contributed by atoms with E-state index < -0.39 is 11.8 Å². The fourth-order valence-corrected chi connectivity index (χ4v) is 6.36. The first-order valence-electron chi connectivity index (χ1n) is 16.0. The number of hydroxylamine groups is 2.